The van der Waals surface area contributed by atoms with Gasteiger partial charge in [-0.15, -0.1) is 0 Å². The highest BCUT2D eigenvalue weighted by atomic mass is 19.4. The van der Waals surface area contributed by atoms with Crippen molar-refractivity contribution in [3.63, 3.8) is 0 Å². The third kappa shape index (κ3) is 2.70. The van der Waals surface area contributed by atoms with Crippen molar-refractivity contribution in [3.05, 3.63) is 53.8 Å². The molecule has 0 saturated heterocycles. The van der Waals surface area contributed by atoms with Gasteiger partial charge in [0.1, 0.15) is 5.82 Å². The first-order chi connectivity index (χ1) is 11.3. The van der Waals surface area contributed by atoms with Crippen LogP contribution in [-0.2, 0) is 4.79 Å². The van der Waals surface area contributed by atoms with Gasteiger partial charge < -0.3 is 5.32 Å². The van der Waals surface area contributed by atoms with Crippen molar-refractivity contribution in [2.45, 2.75) is 25.6 Å². The number of halogens is 4. The van der Waals surface area contributed by atoms with E-state index < -0.39 is 18.0 Å². The molecule has 2 aromatic carbocycles. The maximum Gasteiger partial charge on any atom is 0.412 e. The number of nitrogens with one attached hydrogen (secondary N) is 1. The van der Waals surface area contributed by atoms with E-state index >= 15 is 0 Å². The van der Waals surface area contributed by atoms with E-state index in [1.165, 1.54) is 17.0 Å². The number of rotatable bonds is 1. The van der Waals surface area contributed by atoms with E-state index in [2.05, 4.69) is 5.32 Å². The minimum Gasteiger partial charge on any atom is -0.369 e. The first-order valence-corrected chi connectivity index (χ1v) is 7.37. The summed E-state index contributed by atoms with van der Waals surface area (Å²) in [4.78, 5) is 13.6. The number of hydrogen-bond donors (Lipinski definition) is 1. The normalized spacial score (nSPS) is 16.7. The lowest BCUT2D eigenvalue weighted by atomic mass is 10.0. The quantitative estimate of drug-likeness (QED) is 0.748. The molecule has 24 heavy (non-hydrogen) atoms. The third-order valence-corrected chi connectivity index (χ3v) is 3.87. The second-order valence-corrected chi connectivity index (χ2v) is 5.42. The SMILES string of the molecule is CCC(=O)N1c2ccccc2NC(C(F)(F)F)c2cc(F)ccc21. The molecule has 7 heteroatoms. The number of alkyl halides is 3. The van der Waals surface area contributed by atoms with Crippen molar-refractivity contribution < 1.29 is 22.4 Å². The van der Waals surface area contributed by atoms with Gasteiger partial charge in [0, 0.05) is 12.0 Å². The van der Waals surface area contributed by atoms with Gasteiger partial charge in [0.25, 0.3) is 0 Å². The van der Waals surface area contributed by atoms with E-state index in [0.29, 0.717) is 5.69 Å². The number of nitrogens with zero attached hydrogens (tertiary/aromatic N) is 1. The highest BCUT2D eigenvalue weighted by Crippen LogP contribution is 2.47. The van der Waals surface area contributed by atoms with Gasteiger partial charge in [0.05, 0.1) is 17.1 Å². The van der Waals surface area contributed by atoms with Gasteiger partial charge in [-0.2, -0.15) is 13.2 Å². The fraction of sp³-hybridized carbons (Fsp3) is 0.235. The van der Waals surface area contributed by atoms with Crippen LogP contribution in [0.3, 0.4) is 0 Å². The molecule has 0 radical (unpaired) electrons. The molecule has 3 nitrogen and oxygen atoms in total. The number of benzene rings is 2. The second-order valence-electron chi connectivity index (χ2n) is 5.42. The summed E-state index contributed by atoms with van der Waals surface area (Å²) in [5, 5.41) is 2.41. The molecule has 126 valence electrons. The summed E-state index contributed by atoms with van der Waals surface area (Å²) >= 11 is 0. The van der Waals surface area contributed by atoms with Gasteiger partial charge in [-0.05, 0) is 30.3 Å². The number of para-hydroxylation sites is 2. The Hall–Kier alpha value is -2.57. The lowest BCUT2D eigenvalue weighted by Crippen LogP contribution is -2.28. The van der Waals surface area contributed by atoms with Crippen LogP contribution in [0.15, 0.2) is 42.5 Å². The Morgan fingerprint density at radius 1 is 1.17 bits per heavy atom. The highest BCUT2D eigenvalue weighted by Gasteiger charge is 2.45. The van der Waals surface area contributed by atoms with Gasteiger partial charge in [-0.1, -0.05) is 19.1 Å². The number of carbonyl (C=O) groups excluding carboxylic acids is 1. The number of fused-ring (bicyclic) bond motifs is 2. The largest absolute Gasteiger partial charge is 0.412 e. The Morgan fingerprint density at radius 2 is 1.88 bits per heavy atom. The molecule has 2 aromatic rings. The van der Waals surface area contributed by atoms with Gasteiger partial charge in [0.15, 0.2) is 6.04 Å². The summed E-state index contributed by atoms with van der Waals surface area (Å²) in [5.41, 5.74) is 0.186. The Morgan fingerprint density at radius 3 is 2.54 bits per heavy atom. The Bertz CT molecular complexity index is 788. The molecule has 1 heterocycles. The fourth-order valence-electron chi connectivity index (χ4n) is 2.80. The molecule has 0 fully saturated rings. The zero-order valence-corrected chi connectivity index (χ0v) is 12.7. The molecule has 0 aromatic heterocycles. The third-order valence-electron chi connectivity index (χ3n) is 3.87. The molecular formula is C17H14F4N2O. The van der Waals surface area contributed by atoms with Crippen LogP contribution < -0.4 is 10.2 Å². The minimum absolute atomic E-state index is 0.0306. The van der Waals surface area contributed by atoms with Crippen molar-refractivity contribution in [1.82, 2.24) is 0 Å². The van der Waals surface area contributed by atoms with Crippen LogP contribution >= 0.6 is 0 Å². The van der Waals surface area contributed by atoms with Crippen molar-refractivity contribution in [2.24, 2.45) is 0 Å². The Balaban J connectivity index is 2.32. The smallest absolute Gasteiger partial charge is 0.369 e. The van der Waals surface area contributed by atoms with E-state index in [-0.39, 0.29) is 29.3 Å². The number of anilines is 3. The molecule has 0 saturated carbocycles. The van der Waals surface area contributed by atoms with Crippen LogP contribution in [0.4, 0.5) is 34.6 Å². The Kier molecular flexibility index (Phi) is 3.95. The molecule has 0 spiro atoms. The topological polar surface area (TPSA) is 32.3 Å². The van der Waals surface area contributed by atoms with E-state index in [9.17, 15) is 22.4 Å². The van der Waals surface area contributed by atoms with Gasteiger partial charge >= 0.3 is 6.18 Å². The van der Waals surface area contributed by atoms with Crippen molar-refractivity contribution in [3.8, 4) is 0 Å². The average molecular weight is 338 g/mol. The highest BCUT2D eigenvalue weighted by molar-refractivity contribution is 6.04. The van der Waals surface area contributed by atoms with Crippen LogP contribution in [0.5, 0.6) is 0 Å². The Labute approximate surface area is 135 Å². The van der Waals surface area contributed by atoms with Crippen LogP contribution in [-0.4, -0.2) is 12.1 Å². The van der Waals surface area contributed by atoms with Crippen molar-refractivity contribution in [1.29, 1.82) is 0 Å². The van der Waals surface area contributed by atoms with E-state index in [0.717, 1.165) is 12.1 Å². The maximum atomic E-state index is 13.6. The summed E-state index contributed by atoms with van der Waals surface area (Å²) in [5.74, 6) is -1.17. The van der Waals surface area contributed by atoms with Crippen molar-refractivity contribution in [2.75, 3.05) is 10.2 Å². The van der Waals surface area contributed by atoms with Gasteiger partial charge in [-0.3, -0.25) is 9.69 Å². The molecule has 1 atom stereocenters. The number of hydrogen-bond acceptors (Lipinski definition) is 2. The van der Waals surface area contributed by atoms with E-state index in [1.54, 1.807) is 25.1 Å². The molecule has 1 amide bonds. The molecule has 1 aliphatic rings. The summed E-state index contributed by atoms with van der Waals surface area (Å²) < 4.78 is 54.3. The fourth-order valence-corrected chi connectivity index (χ4v) is 2.80. The predicted octanol–water partition coefficient (Wildman–Crippen LogP) is 4.93. The van der Waals surface area contributed by atoms with Gasteiger partial charge in [0.2, 0.25) is 5.91 Å². The summed E-state index contributed by atoms with van der Waals surface area (Å²) in [7, 11) is 0. The van der Waals surface area contributed by atoms with Crippen LogP contribution in [0.25, 0.3) is 0 Å². The lowest BCUT2D eigenvalue weighted by Gasteiger charge is -2.25. The predicted molar refractivity (Wildman–Crippen MR) is 82.7 cm³/mol. The molecule has 3 rings (SSSR count). The monoisotopic (exact) mass is 338 g/mol. The van der Waals surface area contributed by atoms with Crippen LogP contribution in [0.2, 0.25) is 0 Å². The lowest BCUT2D eigenvalue weighted by molar-refractivity contribution is -0.143. The molecule has 1 N–H and O–H groups in total. The second kappa shape index (κ2) is 5.81. The average Bonchev–Trinajstić information content (AvgIpc) is 2.68. The number of carbonyl (C=O) groups is 1. The van der Waals surface area contributed by atoms with Crippen molar-refractivity contribution >= 4 is 23.0 Å². The zero-order chi connectivity index (χ0) is 17.5. The van der Waals surface area contributed by atoms with E-state index in [1.807, 2.05) is 0 Å². The molecule has 1 unspecified atom stereocenters. The summed E-state index contributed by atoms with van der Waals surface area (Å²) in [6.07, 6.45) is -4.55. The zero-order valence-electron chi connectivity index (χ0n) is 12.7. The molecule has 0 bridgehead atoms. The van der Waals surface area contributed by atoms with Crippen LogP contribution in [0.1, 0.15) is 24.9 Å². The molecule has 1 aliphatic heterocycles. The van der Waals surface area contributed by atoms with Crippen LogP contribution in [0, 0.1) is 5.82 Å². The van der Waals surface area contributed by atoms with E-state index in [4.69, 9.17) is 0 Å². The number of amides is 1. The van der Waals surface area contributed by atoms with Gasteiger partial charge in [-0.25, -0.2) is 4.39 Å². The molecular weight excluding hydrogens is 324 g/mol. The summed E-state index contributed by atoms with van der Waals surface area (Å²) in [6, 6.07) is 7.20. The standard InChI is InChI=1S/C17H14F4N2O/c1-2-15(24)23-13-8-7-10(18)9-11(13)16(17(19,20)21)22-12-5-3-4-6-14(12)23/h3-9,16,22H,2H2,1H3. The first-order valence-electron chi connectivity index (χ1n) is 7.37. The molecule has 0 aliphatic carbocycles. The minimum atomic E-state index is -4.65. The maximum absolute atomic E-state index is 13.6. The first kappa shape index (κ1) is 16.3. The summed E-state index contributed by atoms with van der Waals surface area (Å²) in [6.45, 7) is 1.62.